The number of pyridine rings is 9. The van der Waals surface area contributed by atoms with Crippen molar-refractivity contribution in [1.82, 2.24) is 54.8 Å². The normalized spacial score (nSPS) is 11.6. The van der Waals surface area contributed by atoms with Crippen LogP contribution in [-0.4, -0.2) is 54.8 Å². The first kappa shape index (κ1) is 78.7. The van der Waals surface area contributed by atoms with Crippen molar-refractivity contribution in [3.05, 3.63) is 444 Å². The van der Waals surface area contributed by atoms with Crippen LogP contribution >= 0.6 is 22.7 Å². The summed E-state index contributed by atoms with van der Waals surface area (Å²) >= 11 is 3.41. The van der Waals surface area contributed by atoms with E-state index in [0.717, 1.165) is 263 Å². The van der Waals surface area contributed by atoms with Crippen LogP contribution in [0.5, 0.6) is 0 Å². The van der Waals surface area contributed by atoms with Crippen LogP contribution in [0.3, 0.4) is 0 Å². The van der Waals surface area contributed by atoms with Crippen LogP contribution in [0.15, 0.2) is 444 Å². The van der Waals surface area contributed by atoms with Gasteiger partial charge in [-0.15, -0.1) is 22.7 Å². The number of hydrogen-bond acceptors (Lipinski definition) is 13. The maximum Gasteiger partial charge on any atom is 0.124 e. The van der Waals surface area contributed by atoms with Crippen molar-refractivity contribution in [2.75, 3.05) is 0 Å². The van der Waals surface area contributed by atoms with Crippen LogP contribution in [0, 0.1) is 0 Å². The second-order valence-corrected chi connectivity index (χ2v) is 36.0. The highest BCUT2D eigenvalue weighted by molar-refractivity contribution is 7.22. The van der Waals surface area contributed by atoms with E-state index >= 15 is 0 Å². The van der Waals surface area contributed by atoms with Gasteiger partial charge in [0.25, 0.3) is 0 Å². The predicted octanol–water partition coefficient (Wildman–Crippen LogP) is 31.7. The molecule has 26 aromatic rings. The molecule has 15 aromatic carbocycles. The lowest BCUT2D eigenvalue weighted by Gasteiger charge is -2.16. The van der Waals surface area contributed by atoms with E-state index in [9.17, 15) is 0 Å². The summed E-state index contributed by atoms with van der Waals surface area (Å²) in [5.74, 6) is 0. The topological polar surface area (TPSA) is 142 Å². The van der Waals surface area contributed by atoms with Crippen molar-refractivity contribution in [3.8, 4) is 155 Å². The minimum atomic E-state index is 0.823. The first-order chi connectivity index (χ1) is 66.2. The molecule has 0 aliphatic carbocycles. The van der Waals surface area contributed by atoms with E-state index in [1.807, 2.05) is 128 Å². The maximum absolute atomic E-state index is 5.61. The molecule has 0 atom stereocenters. The van der Waals surface area contributed by atoms with E-state index in [1.54, 1.807) is 22.7 Å². The molecule has 134 heavy (non-hydrogen) atoms. The van der Waals surface area contributed by atoms with E-state index in [4.69, 9.17) is 54.8 Å². The van der Waals surface area contributed by atoms with Gasteiger partial charge in [0.1, 0.15) is 10.0 Å². The number of rotatable bonds is 14. The van der Waals surface area contributed by atoms with E-state index in [0.29, 0.717) is 0 Å². The summed E-state index contributed by atoms with van der Waals surface area (Å²) in [6.45, 7) is 0. The van der Waals surface area contributed by atoms with Gasteiger partial charge in [-0.05, 0) is 291 Å². The molecule has 0 aliphatic heterocycles. The van der Waals surface area contributed by atoms with Crippen molar-refractivity contribution in [2.24, 2.45) is 0 Å². The second-order valence-electron chi connectivity index (χ2n) is 33.9. The van der Waals surface area contributed by atoms with E-state index in [-0.39, 0.29) is 0 Å². The molecule has 0 saturated carbocycles. The van der Waals surface area contributed by atoms with Gasteiger partial charge in [-0.25, -0.2) is 15.0 Å². The van der Waals surface area contributed by atoms with E-state index in [1.165, 1.54) is 0 Å². The number of para-hydroxylation sites is 10. The molecule has 0 aliphatic rings. The zero-order chi connectivity index (χ0) is 88.5. The van der Waals surface area contributed by atoms with Crippen LogP contribution < -0.4 is 0 Å². The van der Waals surface area contributed by atoms with Crippen LogP contribution in [-0.2, 0) is 0 Å². The molecule has 0 radical (unpaired) electrons. The van der Waals surface area contributed by atoms with Gasteiger partial charge in [-0.2, -0.15) is 0 Å². The van der Waals surface area contributed by atoms with Crippen molar-refractivity contribution in [1.29, 1.82) is 0 Å². The van der Waals surface area contributed by atoms with Crippen molar-refractivity contribution in [2.45, 2.75) is 0 Å². The third kappa shape index (κ3) is 15.5. The molecule has 0 spiro atoms. The smallest absolute Gasteiger partial charge is 0.124 e. The van der Waals surface area contributed by atoms with Gasteiger partial charge in [0.05, 0.1) is 76.0 Å². The molecule has 0 N–H and O–H groups in total. The van der Waals surface area contributed by atoms with Gasteiger partial charge in [-0.1, -0.05) is 170 Å². The Hall–Kier alpha value is -17.5. The highest BCUT2D eigenvalue weighted by Gasteiger charge is 2.22. The number of aromatic nitrogens is 11. The Balaban J connectivity index is 0.000000143. The minimum absolute atomic E-state index is 0.823. The first-order valence-electron chi connectivity index (χ1n) is 44.5. The Morgan fingerprint density at radius 3 is 0.500 bits per heavy atom. The summed E-state index contributed by atoms with van der Waals surface area (Å²) in [4.78, 5) is 55.2. The molecule has 0 amide bonds. The van der Waals surface area contributed by atoms with Crippen LogP contribution in [0.2, 0.25) is 0 Å². The molecular formula is C121H73N11S2. The van der Waals surface area contributed by atoms with Crippen molar-refractivity contribution >= 4 is 130 Å². The molecule has 0 unspecified atom stereocenters. The standard InChI is InChI=1S/C61H37N5S.C60H36N6S/c1-5-15-55-38(11-1)21-51(34-62-55)46-26-42(27-47(30-46)52-22-39-12-2-6-16-56(39)63-35-52)44-25-45(33-50(32-44)61-66-59-19-9-10-20-60(59)67-61)43-28-48(53-23-40-13-3-7-17-57(40)64-36-53)31-49(29-43)54-24-41-14-4-8-18-58(41)65-37-54;1-5-15-52-37(11-1)21-48(33-61-52)41-25-42(49-22-38-12-2-6-16-53(38)62-34-49)28-45(27-41)57-31-47(60-66-56-19-9-10-20-59(56)67-60)32-58(65-57)46-29-43(50-23-39-13-3-7-17-54(39)63-35-50)26-44(30-46)51-24-40-14-4-8-18-55(40)64-36-51/h1-37H;1-36H. The summed E-state index contributed by atoms with van der Waals surface area (Å²) in [7, 11) is 0. The molecule has 11 nitrogen and oxygen atoms in total. The first-order valence-corrected chi connectivity index (χ1v) is 46.2. The summed E-state index contributed by atoms with van der Waals surface area (Å²) in [6.07, 6.45) is 15.8. The van der Waals surface area contributed by atoms with Crippen molar-refractivity contribution < 1.29 is 0 Å². The molecule has 13 heteroatoms. The zero-order valence-corrected chi connectivity index (χ0v) is 73.5. The van der Waals surface area contributed by atoms with Gasteiger partial charge < -0.3 is 0 Å². The number of nitrogens with zero attached hydrogens (tertiary/aromatic N) is 11. The Bertz CT molecular complexity index is 7790. The monoisotopic (exact) mass is 1740 g/mol. The van der Waals surface area contributed by atoms with Crippen LogP contribution in [0.25, 0.3) is 263 Å². The number of thiazole rings is 2. The summed E-state index contributed by atoms with van der Waals surface area (Å²) < 4.78 is 2.28. The third-order valence-electron chi connectivity index (χ3n) is 25.2. The molecule has 26 rings (SSSR count). The Morgan fingerprint density at radius 1 is 0.127 bits per heavy atom. The number of fused-ring (bicyclic) bond motifs is 10. The number of hydrogen-bond donors (Lipinski definition) is 0. The lowest BCUT2D eigenvalue weighted by Crippen LogP contribution is -1.94. The van der Waals surface area contributed by atoms with Gasteiger partial charge in [0.2, 0.25) is 0 Å². The molecular weight excluding hydrogens is 1670 g/mol. The molecule has 0 saturated heterocycles. The molecule has 0 fully saturated rings. The number of benzene rings is 15. The average molecular weight is 1750 g/mol. The van der Waals surface area contributed by atoms with E-state index in [2.05, 4.69) is 315 Å². The fraction of sp³-hybridized carbons (Fsp3) is 0. The lowest BCUT2D eigenvalue weighted by atomic mass is 9.89. The van der Waals surface area contributed by atoms with Crippen LogP contribution in [0.4, 0.5) is 0 Å². The molecule has 11 heterocycles. The largest absolute Gasteiger partial charge is 0.256 e. The van der Waals surface area contributed by atoms with Gasteiger partial charge in [0, 0.05) is 159 Å². The quantitative estimate of drug-likeness (QED) is 0.103. The summed E-state index contributed by atoms with van der Waals surface area (Å²) in [5.41, 5.74) is 36.2. The highest BCUT2D eigenvalue weighted by Crippen LogP contribution is 2.46. The zero-order valence-electron chi connectivity index (χ0n) is 71.9. The summed E-state index contributed by atoms with van der Waals surface area (Å²) in [5, 5.41) is 10.6. The predicted molar refractivity (Wildman–Crippen MR) is 556 cm³/mol. The van der Waals surface area contributed by atoms with Gasteiger partial charge >= 0.3 is 0 Å². The van der Waals surface area contributed by atoms with Crippen LogP contribution in [0.1, 0.15) is 0 Å². The Labute approximate surface area is 778 Å². The molecule has 0 bridgehead atoms. The second kappa shape index (κ2) is 33.5. The van der Waals surface area contributed by atoms with E-state index < -0.39 is 0 Å². The lowest BCUT2D eigenvalue weighted by molar-refractivity contribution is 1.31. The maximum atomic E-state index is 5.61. The average Bonchev–Trinajstić information content (AvgIpc) is 1.06. The van der Waals surface area contributed by atoms with Crippen molar-refractivity contribution in [3.63, 3.8) is 0 Å². The summed E-state index contributed by atoms with van der Waals surface area (Å²) in [6, 6.07) is 139. The van der Waals surface area contributed by atoms with Gasteiger partial charge in [0.15, 0.2) is 0 Å². The Kier molecular flexibility index (Phi) is 19.7. The third-order valence-corrected chi connectivity index (χ3v) is 27.4. The SMILES string of the molecule is c1ccc2ncc(-c3cc(-c4cc(-c5cc(-c6cnc7ccccc7c6)cc(-c6cnc7ccccc7c6)c5)cc(-c5nc6ccccc6s5)c4)cc(-c4cnc5ccccc5c4)c3)cc2c1.c1ccc2ncc(-c3cc(-c4cnc5ccccc5c4)cc(-c4cc(-c5nc6ccccc6s5)cc(-c5cc(-c6cnc7ccccc7c6)cc(-c6cnc7ccccc7c6)c5)n4)c3)cc2c1. The molecule has 11 aromatic heterocycles. The minimum Gasteiger partial charge on any atom is -0.256 e. The highest BCUT2D eigenvalue weighted by atomic mass is 32.1. The Morgan fingerprint density at radius 2 is 0.291 bits per heavy atom. The van der Waals surface area contributed by atoms with Gasteiger partial charge in [-0.3, -0.25) is 39.9 Å². The fourth-order valence-electron chi connectivity index (χ4n) is 18.3. The molecule has 624 valence electrons. The fourth-order valence-corrected chi connectivity index (χ4v) is 20.2.